The third-order valence-electron chi connectivity index (χ3n) is 3.70. The van der Waals surface area contributed by atoms with Gasteiger partial charge in [-0.15, -0.1) is 0 Å². The fraction of sp³-hybridized carbons (Fsp3) is 0.286. The Morgan fingerprint density at radius 2 is 1.96 bits per heavy atom. The molecule has 0 aliphatic heterocycles. The molecule has 2 aromatic rings. The molecule has 25 heavy (non-hydrogen) atoms. The smallest absolute Gasteiger partial charge is 0.248 e. The number of hydrogen-bond acceptors (Lipinski definition) is 3. The van der Waals surface area contributed by atoms with Gasteiger partial charge >= 0.3 is 0 Å². The van der Waals surface area contributed by atoms with Gasteiger partial charge in [0.2, 0.25) is 5.91 Å². The summed E-state index contributed by atoms with van der Waals surface area (Å²) in [4.78, 5) is 12.2. The molecule has 4 heteroatoms. The molecule has 4 nitrogen and oxygen atoms in total. The predicted molar refractivity (Wildman–Crippen MR) is 102 cm³/mol. The van der Waals surface area contributed by atoms with E-state index in [0.717, 1.165) is 29.7 Å². The second-order valence-corrected chi connectivity index (χ2v) is 5.77. The Morgan fingerprint density at radius 1 is 1.16 bits per heavy atom. The predicted octanol–water partition coefficient (Wildman–Crippen LogP) is 4.83. The first-order valence-corrected chi connectivity index (χ1v) is 8.49. The molecule has 0 unspecified atom stereocenters. The Bertz CT molecular complexity index is 738. The van der Waals surface area contributed by atoms with Crippen LogP contribution in [0, 0.1) is 6.92 Å². The molecule has 0 aliphatic carbocycles. The lowest BCUT2D eigenvalue weighted by molar-refractivity contribution is -0.111. The second-order valence-electron chi connectivity index (χ2n) is 5.77. The van der Waals surface area contributed by atoms with Gasteiger partial charge in [-0.05, 0) is 43.2 Å². The van der Waals surface area contributed by atoms with E-state index in [1.165, 1.54) is 6.08 Å². The molecular formula is C21H25NO3. The van der Waals surface area contributed by atoms with Crippen LogP contribution in [0.15, 0.2) is 48.5 Å². The van der Waals surface area contributed by atoms with Gasteiger partial charge in [0.15, 0.2) is 0 Å². The molecule has 0 atom stereocenters. The van der Waals surface area contributed by atoms with Crippen LogP contribution in [-0.2, 0) is 4.79 Å². The van der Waals surface area contributed by atoms with Crippen molar-refractivity contribution >= 4 is 17.7 Å². The molecule has 0 saturated carbocycles. The Morgan fingerprint density at radius 3 is 2.72 bits per heavy atom. The van der Waals surface area contributed by atoms with Crippen molar-refractivity contribution in [3.05, 3.63) is 59.7 Å². The Balaban J connectivity index is 2.07. The first kappa shape index (κ1) is 18.6. The summed E-state index contributed by atoms with van der Waals surface area (Å²) in [5.74, 6) is 1.20. The summed E-state index contributed by atoms with van der Waals surface area (Å²) in [6, 6.07) is 13.4. The average Bonchev–Trinajstić information content (AvgIpc) is 2.61. The zero-order valence-corrected chi connectivity index (χ0v) is 15.0. The van der Waals surface area contributed by atoms with Crippen LogP contribution in [0.2, 0.25) is 0 Å². The maximum Gasteiger partial charge on any atom is 0.248 e. The fourth-order valence-corrected chi connectivity index (χ4v) is 2.34. The van der Waals surface area contributed by atoms with Crippen LogP contribution >= 0.6 is 0 Å². The van der Waals surface area contributed by atoms with Gasteiger partial charge < -0.3 is 14.8 Å². The average molecular weight is 339 g/mol. The van der Waals surface area contributed by atoms with E-state index >= 15 is 0 Å². The molecule has 0 aromatic heterocycles. The highest BCUT2D eigenvalue weighted by Crippen LogP contribution is 2.25. The number of para-hydroxylation sites is 1. The summed E-state index contributed by atoms with van der Waals surface area (Å²) in [6.07, 6.45) is 5.35. The number of amides is 1. The number of nitrogens with one attached hydrogen (secondary N) is 1. The first-order chi connectivity index (χ1) is 12.1. The molecule has 0 saturated heterocycles. The number of ether oxygens (including phenoxy) is 2. The van der Waals surface area contributed by atoms with Gasteiger partial charge in [-0.2, -0.15) is 0 Å². The molecule has 2 rings (SSSR count). The van der Waals surface area contributed by atoms with Crippen LogP contribution in [-0.4, -0.2) is 19.6 Å². The number of rotatable bonds is 8. The zero-order valence-electron chi connectivity index (χ0n) is 15.0. The van der Waals surface area contributed by atoms with E-state index in [0.29, 0.717) is 18.0 Å². The number of benzene rings is 2. The quantitative estimate of drug-likeness (QED) is 0.553. The monoisotopic (exact) mass is 339 g/mol. The largest absolute Gasteiger partial charge is 0.495 e. The lowest BCUT2D eigenvalue weighted by Crippen LogP contribution is -2.09. The van der Waals surface area contributed by atoms with Gasteiger partial charge in [-0.25, -0.2) is 0 Å². The molecule has 0 aliphatic rings. The van der Waals surface area contributed by atoms with Crippen LogP contribution in [0.25, 0.3) is 6.08 Å². The number of carbonyl (C=O) groups is 1. The minimum absolute atomic E-state index is 0.215. The lowest BCUT2D eigenvalue weighted by atomic mass is 10.1. The number of unbranched alkanes of at least 4 members (excludes halogenated alkanes) is 1. The maximum atomic E-state index is 12.2. The zero-order chi connectivity index (χ0) is 18.1. The van der Waals surface area contributed by atoms with Crippen molar-refractivity contribution < 1.29 is 14.3 Å². The minimum Gasteiger partial charge on any atom is -0.495 e. The van der Waals surface area contributed by atoms with E-state index < -0.39 is 0 Å². The Kier molecular flexibility index (Phi) is 7.08. The molecule has 2 aromatic carbocycles. The number of carbonyl (C=O) groups excluding carboxylic acids is 1. The van der Waals surface area contributed by atoms with Crippen molar-refractivity contribution in [3.63, 3.8) is 0 Å². The highest BCUT2D eigenvalue weighted by Gasteiger charge is 2.06. The van der Waals surface area contributed by atoms with Gasteiger partial charge in [0.25, 0.3) is 0 Å². The topological polar surface area (TPSA) is 47.6 Å². The maximum absolute atomic E-state index is 12.2. The van der Waals surface area contributed by atoms with Gasteiger partial charge in [0.1, 0.15) is 11.5 Å². The van der Waals surface area contributed by atoms with Crippen LogP contribution in [0.5, 0.6) is 11.5 Å². The van der Waals surface area contributed by atoms with Crippen molar-refractivity contribution in [3.8, 4) is 11.5 Å². The highest BCUT2D eigenvalue weighted by atomic mass is 16.5. The van der Waals surface area contributed by atoms with Gasteiger partial charge in [-0.3, -0.25) is 4.79 Å². The SMILES string of the molecule is CCCCOc1ccccc1C=CC(=O)Nc1cc(C)ccc1OC. The molecule has 0 heterocycles. The molecule has 0 spiro atoms. The van der Waals surface area contributed by atoms with E-state index in [9.17, 15) is 4.79 Å². The van der Waals surface area contributed by atoms with Crippen molar-refractivity contribution in [2.75, 3.05) is 19.0 Å². The first-order valence-electron chi connectivity index (χ1n) is 8.49. The third-order valence-corrected chi connectivity index (χ3v) is 3.70. The van der Waals surface area contributed by atoms with E-state index in [1.807, 2.05) is 49.4 Å². The van der Waals surface area contributed by atoms with Crippen molar-refractivity contribution in [2.24, 2.45) is 0 Å². The van der Waals surface area contributed by atoms with Crippen molar-refractivity contribution in [2.45, 2.75) is 26.7 Å². The Hall–Kier alpha value is -2.75. The van der Waals surface area contributed by atoms with Crippen LogP contribution in [0.4, 0.5) is 5.69 Å². The van der Waals surface area contributed by atoms with Gasteiger partial charge in [0, 0.05) is 11.6 Å². The fourth-order valence-electron chi connectivity index (χ4n) is 2.34. The molecule has 132 valence electrons. The molecule has 0 bridgehead atoms. The number of methoxy groups -OCH3 is 1. The van der Waals surface area contributed by atoms with E-state index in [1.54, 1.807) is 13.2 Å². The minimum atomic E-state index is -0.215. The van der Waals surface area contributed by atoms with E-state index in [4.69, 9.17) is 9.47 Å². The van der Waals surface area contributed by atoms with Crippen LogP contribution in [0.3, 0.4) is 0 Å². The summed E-state index contributed by atoms with van der Waals surface area (Å²) in [5.41, 5.74) is 2.59. The molecule has 1 amide bonds. The van der Waals surface area contributed by atoms with Gasteiger partial charge in [-0.1, -0.05) is 37.6 Å². The molecule has 1 N–H and O–H groups in total. The third kappa shape index (κ3) is 5.68. The Labute approximate surface area is 149 Å². The molecule has 0 fully saturated rings. The van der Waals surface area contributed by atoms with Crippen molar-refractivity contribution in [1.82, 2.24) is 0 Å². The summed E-state index contributed by atoms with van der Waals surface area (Å²) in [6.45, 7) is 4.77. The highest BCUT2D eigenvalue weighted by molar-refractivity contribution is 6.03. The second kappa shape index (κ2) is 9.52. The number of aryl methyl sites for hydroxylation is 1. The number of hydrogen-bond donors (Lipinski definition) is 1. The molecule has 0 radical (unpaired) electrons. The van der Waals surface area contributed by atoms with Crippen molar-refractivity contribution in [1.29, 1.82) is 0 Å². The summed E-state index contributed by atoms with van der Waals surface area (Å²) in [5, 5.41) is 2.85. The normalized spacial score (nSPS) is 10.7. The van der Waals surface area contributed by atoms with Crippen LogP contribution < -0.4 is 14.8 Å². The summed E-state index contributed by atoms with van der Waals surface area (Å²) >= 11 is 0. The van der Waals surface area contributed by atoms with Gasteiger partial charge in [0.05, 0.1) is 19.4 Å². The van der Waals surface area contributed by atoms with E-state index in [2.05, 4.69) is 12.2 Å². The standard InChI is InChI=1S/C21H25NO3/c1-4-5-14-25-19-9-7-6-8-17(19)11-13-21(23)22-18-15-16(2)10-12-20(18)24-3/h6-13,15H,4-5,14H2,1-3H3,(H,22,23). The summed E-state index contributed by atoms with van der Waals surface area (Å²) < 4.78 is 11.1. The lowest BCUT2D eigenvalue weighted by Gasteiger charge is -2.10. The van der Waals surface area contributed by atoms with E-state index in [-0.39, 0.29) is 5.91 Å². The number of anilines is 1. The molecular weight excluding hydrogens is 314 g/mol. The van der Waals surface area contributed by atoms with Crippen LogP contribution in [0.1, 0.15) is 30.9 Å². The summed E-state index contributed by atoms with van der Waals surface area (Å²) in [7, 11) is 1.58.